The van der Waals surface area contributed by atoms with Gasteiger partial charge < -0.3 is 5.11 Å². The molecule has 3 atom stereocenters. The molecule has 1 aromatic rings. The third kappa shape index (κ3) is 1.84. The van der Waals surface area contributed by atoms with E-state index in [9.17, 15) is 5.11 Å². The van der Waals surface area contributed by atoms with Crippen LogP contribution in [-0.4, -0.2) is 15.6 Å². The summed E-state index contributed by atoms with van der Waals surface area (Å²) in [5.41, 5.74) is 1.56. The molecule has 0 spiro atoms. The highest BCUT2D eigenvalue weighted by Crippen LogP contribution is 2.70. The molecule has 1 aliphatic rings. The van der Waals surface area contributed by atoms with E-state index in [1.165, 1.54) is 24.8 Å². The Morgan fingerprint density at radius 3 is 2.47 bits per heavy atom. The van der Waals surface area contributed by atoms with E-state index in [1.807, 2.05) is 6.07 Å². The lowest BCUT2D eigenvalue weighted by atomic mass is 9.85. The molecule has 1 fully saturated rings. The summed E-state index contributed by atoms with van der Waals surface area (Å²) >= 11 is 2.53. The Hall–Kier alpha value is -0.0900. The van der Waals surface area contributed by atoms with Crippen molar-refractivity contribution in [2.24, 2.45) is 5.41 Å². The molecular formula is C15H21IO. The van der Waals surface area contributed by atoms with Gasteiger partial charge in [0.2, 0.25) is 0 Å². The number of hydrogen-bond donors (Lipinski definition) is 1. The molecule has 2 rings (SSSR count). The molecule has 0 aliphatic heterocycles. The quantitative estimate of drug-likeness (QED) is 0.634. The highest BCUT2D eigenvalue weighted by molar-refractivity contribution is 14.1. The summed E-state index contributed by atoms with van der Waals surface area (Å²) in [4.78, 5) is 0. The molecule has 94 valence electrons. The first kappa shape index (κ1) is 13.3. The van der Waals surface area contributed by atoms with E-state index < -0.39 is 0 Å². The molecule has 2 heteroatoms. The summed E-state index contributed by atoms with van der Waals surface area (Å²) in [7, 11) is 0. The fourth-order valence-electron chi connectivity index (χ4n) is 3.16. The topological polar surface area (TPSA) is 20.2 Å². The largest absolute Gasteiger partial charge is 0.395 e. The van der Waals surface area contributed by atoms with E-state index >= 15 is 0 Å². The third-order valence-electron chi connectivity index (χ3n) is 4.52. The molecule has 1 nitrogen and oxygen atoms in total. The number of aliphatic hydroxyl groups excluding tert-OH is 1. The van der Waals surface area contributed by atoms with Crippen LogP contribution in [0.3, 0.4) is 0 Å². The molecule has 0 radical (unpaired) electrons. The van der Waals surface area contributed by atoms with Crippen molar-refractivity contribution in [3.05, 3.63) is 35.9 Å². The number of halogens is 1. The van der Waals surface area contributed by atoms with Crippen molar-refractivity contribution in [2.75, 3.05) is 6.61 Å². The van der Waals surface area contributed by atoms with Crippen LogP contribution < -0.4 is 0 Å². The molecule has 1 aliphatic carbocycles. The van der Waals surface area contributed by atoms with E-state index in [2.05, 4.69) is 60.7 Å². The molecular weight excluding hydrogens is 323 g/mol. The maximum Gasteiger partial charge on any atom is 0.0543 e. The average molecular weight is 344 g/mol. The fraction of sp³-hybridized carbons (Fsp3) is 0.600. The second-order valence-corrected chi connectivity index (χ2v) is 6.62. The van der Waals surface area contributed by atoms with Crippen molar-refractivity contribution >= 4 is 22.6 Å². The molecule has 17 heavy (non-hydrogen) atoms. The molecule has 1 aromatic carbocycles. The van der Waals surface area contributed by atoms with Crippen LogP contribution in [0.15, 0.2) is 30.3 Å². The smallest absolute Gasteiger partial charge is 0.0543 e. The highest BCUT2D eigenvalue weighted by atomic mass is 127. The fourth-order valence-corrected chi connectivity index (χ4v) is 5.11. The molecule has 0 bridgehead atoms. The number of benzene rings is 1. The van der Waals surface area contributed by atoms with Crippen LogP contribution >= 0.6 is 22.6 Å². The maximum absolute atomic E-state index is 9.91. The summed E-state index contributed by atoms with van der Waals surface area (Å²) in [6.45, 7) is 4.84. The predicted molar refractivity (Wildman–Crippen MR) is 80.6 cm³/mol. The monoisotopic (exact) mass is 344 g/mol. The lowest BCUT2D eigenvalue weighted by molar-refractivity contribution is 0.221. The van der Waals surface area contributed by atoms with Gasteiger partial charge >= 0.3 is 0 Å². The zero-order valence-corrected chi connectivity index (χ0v) is 12.8. The molecule has 0 aromatic heterocycles. The number of aliphatic hydroxyl groups is 1. The average Bonchev–Trinajstić information content (AvgIpc) is 2.86. The Kier molecular flexibility index (Phi) is 3.83. The zero-order chi connectivity index (χ0) is 12.5. The van der Waals surface area contributed by atoms with Gasteiger partial charge in [-0.1, -0.05) is 79.6 Å². The number of hydrogen-bond acceptors (Lipinski definition) is 1. The van der Waals surface area contributed by atoms with Crippen LogP contribution in [0, 0.1) is 5.41 Å². The van der Waals surface area contributed by atoms with E-state index in [0.29, 0.717) is 3.92 Å². The molecule has 1 saturated carbocycles. The highest BCUT2D eigenvalue weighted by Gasteiger charge is 2.72. The van der Waals surface area contributed by atoms with Gasteiger partial charge in [0.1, 0.15) is 0 Å². The molecule has 0 amide bonds. The van der Waals surface area contributed by atoms with Crippen LogP contribution in [0.4, 0.5) is 0 Å². The van der Waals surface area contributed by atoms with Crippen molar-refractivity contribution in [1.29, 1.82) is 0 Å². The summed E-state index contributed by atoms with van der Waals surface area (Å²) in [6, 6.07) is 10.5. The summed E-state index contributed by atoms with van der Waals surface area (Å²) in [6.07, 6.45) is 3.70. The standard InChI is InChI=1S/C15H21IO/c1-3-4-10-14(2)13(16)15(14,11-17)12-8-6-5-7-9-12/h5-9,13,17H,3-4,10-11H2,1-2H3/t13-,14-,15+/m1/s1. The molecule has 0 unspecified atom stereocenters. The minimum atomic E-state index is -0.00993. The SMILES string of the molecule is CCCC[C@]1(C)[C@@H](I)[C@]1(CO)c1ccccc1. The zero-order valence-electron chi connectivity index (χ0n) is 10.6. The summed E-state index contributed by atoms with van der Waals surface area (Å²) in [5, 5.41) is 9.91. The third-order valence-corrected chi connectivity index (χ3v) is 6.95. The predicted octanol–water partition coefficient (Wildman–Crippen LogP) is 3.93. The van der Waals surface area contributed by atoms with Gasteiger partial charge in [0.05, 0.1) is 6.61 Å². The Morgan fingerprint density at radius 1 is 1.29 bits per heavy atom. The first-order valence-electron chi connectivity index (χ1n) is 6.44. The van der Waals surface area contributed by atoms with Crippen molar-refractivity contribution in [1.82, 2.24) is 0 Å². The van der Waals surface area contributed by atoms with E-state index in [1.54, 1.807) is 0 Å². The second kappa shape index (κ2) is 4.88. The minimum absolute atomic E-state index is 0.00993. The van der Waals surface area contributed by atoms with Gasteiger partial charge in [0.25, 0.3) is 0 Å². The second-order valence-electron chi connectivity index (χ2n) is 5.38. The Bertz CT molecular complexity index is 378. The van der Waals surface area contributed by atoms with Gasteiger partial charge in [-0.05, 0) is 17.4 Å². The maximum atomic E-state index is 9.91. The first-order chi connectivity index (χ1) is 8.13. The van der Waals surface area contributed by atoms with E-state index in [-0.39, 0.29) is 17.4 Å². The van der Waals surface area contributed by atoms with Crippen molar-refractivity contribution in [3.63, 3.8) is 0 Å². The Labute approximate surface area is 118 Å². The van der Waals surface area contributed by atoms with E-state index in [4.69, 9.17) is 0 Å². The van der Waals surface area contributed by atoms with Crippen molar-refractivity contribution in [3.8, 4) is 0 Å². The summed E-state index contributed by atoms with van der Waals surface area (Å²) in [5.74, 6) is 0. The van der Waals surface area contributed by atoms with Crippen LogP contribution in [0.1, 0.15) is 38.7 Å². The van der Waals surface area contributed by atoms with Crippen molar-refractivity contribution < 1.29 is 5.11 Å². The van der Waals surface area contributed by atoms with Crippen LogP contribution in [0.2, 0.25) is 0 Å². The normalized spacial score (nSPS) is 35.9. The molecule has 0 saturated heterocycles. The van der Waals surface area contributed by atoms with Crippen LogP contribution in [-0.2, 0) is 5.41 Å². The molecule has 1 N–H and O–H groups in total. The van der Waals surface area contributed by atoms with Crippen LogP contribution in [0.5, 0.6) is 0 Å². The lowest BCUT2D eigenvalue weighted by Crippen LogP contribution is -2.21. The Balaban J connectivity index is 2.29. The van der Waals surface area contributed by atoms with Gasteiger partial charge in [-0.15, -0.1) is 0 Å². The number of rotatable bonds is 5. The van der Waals surface area contributed by atoms with E-state index in [0.717, 1.165) is 0 Å². The number of alkyl halides is 1. The van der Waals surface area contributed by atoms with Gasteiger partial charge in [-0.2, -0.15) is 0 Å². The minimum Gasteiger partial charge on any atom is -0.395 e. The van der Waals surface area contributed by atoms with Gasteiger partial charge in [-0.25, -0.2) is 0 Å². The lowest BCUT2D eigenvalue weighted by Gasteiger charge is -2.20. The molecule has 0 heterocycles. The van der Waals surface area contributed by atoms with Crippen LogP contribution in [0.25, 0.3) is 0 Å². The first-order valence-corrected chi connectivity index (χ1v) is 7.68. The number of unbranched alkanes of at least 4 members (excludes halogenated alkanes) is 1. The van der Waals surface area contributed by atoms with Crippen molar-refractivity contribution in [2.45, 2.75) is 42.4 Å². The van der Waals surface area contributed by atoms with Gasteiger partial charge in [0.15, 0.2) is 0 Å². The summed E-state index contributed by atoms with van der Waals surface area (Å²) < 4.78 is 0.548. The Morgan fingerprint density at radius 2 is 1.94 bits per heavy atom. The van der Waals surface area contributed by atoms with Gasteiger partial charge in [-0.3, -0.25) is 0 Å². The van der Waals surface area contributed by atoms with Gasteiger partial charge in [0, 0.05) is 9.34 Å².